The van der Waals surface area contributed by atoms with E-state index >= 15 is 0 Å². The van der Waals surface area contributed by atoms with E-state index in [0.29, 0.717) is 5.02 Å². The minimum atomic E-state index is -0.696. The molecule has 106 valence electrons. The van der Waals surface area contributed by atoms with Gasteiger partial charge >= 0.3 is 0 Å². The molecule has 0 radical (unpaired) electrons. The number of fused-ring (bicyclic) bond motifs is 1. The monoisotopic (exact) mass is 298 g/mol. The summed E-state index contributed by atoms with van der Waals surface area (Å²) in [6.45, 7) is 0. The van der Waals surface area contributed by atoms with Gasteiger partial charge in [0.15, 0.2) is 0 Å². The average Bonchev–Trinajstić information content (AvgIpc) is 2.55. The molecule has 0 aliphatic carbocycles. The van der Waals surface area contributed by atoms with Crippen molar-refractivity contribution in [2.45, 2.75) is 6.10 Å². The minimum Gasteiger partial charge on any atom is -0.497 e. The van der Waals surface area contributed by atoms with Crippen LogP contribution in [0, 0.1) is 0 Å². The van der Waals surface area contributed by atoms with Gasteiger partial charge in [0.25, 0.3) is 0 Å². The predicted molar refractivity (Wildman–Crippen MR) is 86.0 cm³/mol. The summed E-state index contributed by atoms with van der Waals surface area (Å²) in [7, 11) is 1.62. The number of halogens is 1. The SMILES string of the molecule is COc1ccc(C(O)c2ccc(Cl)c3ccccc23)cc1. The molecular weight excluding hydrogens is 284 g/mol. The molecule has 0 heterocycles. The van der Waals surface area contributed by atoms with Crippen molar-refractivity contribution >= 4 is 22.4 Å². The molecule has 0 bridgehead atoms. The van der Waals surface area contributed by atoms with Gasteiger partial charge in [-0.2, -0.15) is 0 Å². The van der Waals surface area contributed by atoms with Gasteiger partial charge in [0, 0.05) is 10.4 Å². The van der Waals surface area contributed by atoms with Crippen molar-refractivity contribution in [1.29, 1.82) is 0 Å². The first-order valence-corrected chi connectivity index (χ1v) is 7.07. The average molecular weight is 299 g/mol. The lowest BCUT2D eigenvalue weighted by atomic mass is 9.96. The molecule has 0 aliphatic rings. The minimum absolute atomic E-state index is 0.691. The summed E-state index contributed by atoms with van der Waals surface area (Å²) in [6.07, 6.45) is -0.696. The molecule has 3 heteroatoms. The first-order valence-electron chi connectivity index (χ1n) is 6.70. The van der Waals surface area contributed by atoms with E-state index in [-0.39, 0.29) is 0 Å². The smallest absolute Gasteiger partial charge is 0.118 e. The van der Waals surface area contributed by atoms with Gasteiger partial charge in [-0.05, 0) is 34.7 Å². The zero-order valence-corrected chi connectivity index (χ0v) is 12.3. The zero-order valence-electron chi connectivity index (χ0n) is 11.6. The van der Waals surface area contributed by atoms with Gasteiger partial charge in [-0.25, -0.2) is 0 Å². The third-order valence-corrected chi connectivity index (χ3v) is 3.96. The summed E-state index contributed by atoms with van der Waals surface area (Å²) in [4.78, 5) is 0. The first kappa shape index (κ1) is 13.9. The van der Waals surface area contributed by atoms with Crippen molar-refractivity contribution in [1.82, 2.24) is 0 Å². The fourth-order valence-corrected chi connectivity index (χ4v) is 2.72. The normalized spacial score (nSPS) is 12.3. The van der Waals surface area contributed by atoms with Gasteiger partial charge in [0.05, 0.1) is 7.11 Å². The van der Waals surface area contributed by atoms with Gasteiger partial charge in [-0.1, -0.05) is 54.1 Å². The van der Waals surface area contributed by atoms with Crippen LogP contribution in [0.3, 0.4) is 0 Å². The molecule has 0 saturated heterocycles. The highest BCUT2D eigenvalue weighted by Gasteiger charge is 2.14. The highest BCUT2D eigenvalue weighted by Crippen LogP contribution is 2.33. The molecule has 1 N–H and O–H groups in total. The molecule has 3 rings (SSSR count). The lowest BCUT2D eigenvalue weighted by Crippen LogP contribution is -2.00. The van der Waals surface area contributed by atoms with E-state index in [4.69, 9.17) is 16.3 Å². The summed E-state index contributed by atoms with van der Waals surface area (Å²) in [6, 6.07) is 18.9. The molecule has 0 aliphatic heterocycles. The van der Waals surface area contributed by atoms with Crippen LogP contribution in [-0.4, -0.2) is 12.2 Å². The Hall–Kier alpha value is -2.03. The number of methoxy groups -OCH3 is 1. The second-order valence-corrected chi connectivity index (χ2v) is 5.27. The van der Waals surface area contributed by atoms with Gasteiger partial charge in [-0.3, -0.25) is 0 Å². The molecule has 1 atom stereocenters. The fourth-order valence-electron chi connectivity index (χ4n) is 2.49. The van der Waals surface area contributed by atoms with Gasteiger partial charge in [0.2, 0.25) is 0 Å². The topological polar surface area (TPSA) is 29.5 Å². The Bertz CT molecular complexity index is 766. The van der Waals surface area contributed by atoms with Crippen molar-refractivity contribution in [3.05, 3.63) is 76.8 Å². The third-order valence-electron chi connectivity index (χ3n) is 3.63. The second kappa shape index (κ2) is 5.76. The van der Waals surface area contributed by atoms with Gasteiger partial charge < -0.3 is 9.84 Å². The fraction of sp³-hybridized carbons (Fsp3) is 0.111. The van der Waals surface area contributed by atoms with E-state index in [9.17, 15) is 5.11 Å². The Morgan fingerprint density at radius 2 is 1.57 bits per heavy atom. The molecule has 1 unspecified atom stereocenters. The van der Waals surface area contributed by atoms with E-state index in [0.717, 1.165) is 27.6 Å². The second-order valence-electron chi connectivity index (χ2n) is 4.86. The van der Waals surface area contributed by atoms with E-state index in [1.807, 2.05) is 60.7 Å². The largest absolute Gasteiger partial charge is 0.497 e. The van der Waals surface area contributed by atoms with Crippen LogP contribution in [0.4, 0.5) is 0 Å². The molecule has 3 aromatic rings. The number of rotatable bonds is 3. The van der Waals surface area contributed by atoms with Crippen molar-refractivity contribution in [3.8, 4) is 5.75 Å². The Morgan fingerprint density at radius 1 is 0.905 bits per heavy atom. The standard InChI is InChI=1S/C18H15ClO2/c1-21-13-8-6-12(7-9-13)18(20)16-10-11-17(19)15-5-3-2-4-14(15)16/h2-11,18,20H,1H3. The van der Waals surface area contributed by atoms with E-state index < -0.39 is 6.10 Å². The maximum absolute atomic E-state index is 10.7. The number of hydrogen-bond acceptors (Lipinski definition) is 2. The highest BCUT2D eigenvalue weighted by atomic mass is 35.5. The Labute approximate surface area is 128 Å². The van der Waals surface area contributed by atoms with Crippen LogP contribution in [0.15, 0.2) is 60.7 Å². The van der Waals surface area contributed by atoms with Crippen molar-refractivity contribution in [2.75, 3.05) is 7.11 Å². The van der Waals surface area contributed by atoms with Crippen molar-refractivity contribution in [3.63, 3.8) is 0 Å². The lowest BCUT2D eigenvalue weighted by molar-refractivity contribution is 0.222. The lowest BCUT2D eigenvalue weighted by Gasteiger charge is -2.15. The Balaban J connectivity index is 2.08. The maximum Gasteiger partial charge on any atom is 0.118 e. The number of aliphatic hydroxyl groups is 1. The van der Waals surface area contributed by atoms with Crippen LogP contribution in [-0.2, 0) is 0 Å². The molecule has 3 aromatic carbocycles. The number of ether oxygens (including phenoxy) is 1. The Morgan fingerprint density at radius 3 is 2.24 bits per heavy atom. The van der Waals surface area contributed by atoms with Crippen molar-refractivity contribution < 1.29 is 9.84 Å². The Kier molecular flexibility index (Phi) is 3.82. The predicted octanol–water partition coefficient (Wildman–Crippen LogP) is 4.58. The first-order chi connectivity index (χ1) is 10.2. The molecule has 0 spiro atoms. The van der Waals surface area contributed by atoms with Crippen LogP contribution in [0.2, 0.25) is 5.02 Å². The van der Waals surface area contributed by atoms with E-state index in [1.54, 1.807) is 7.11 Å². The van der Waals surface area contributed by atoms with Crippen molar-refractivity contribution in [2.24, 2.45) is 0 Å². The quantitative estimate of drug-likeness (QED) is 0.766. The van der Waals surface area contributed by atoms with Gasteiger partial charge in [0.1, 0.15) is 11.9 Å². The van der Waals surface area contributed by atoms with Gasteiger partial charge in [-0.15, -0.1) is 0 Å². The van der Waals surface area contributed by atoms with Crippen LogP contribution < -0.4 is 4.74 Å². The summed E-state index contributed by atoms with van der Waals surface area (Å²) in [5, 5.41) is 13.3. The molecular formula is C18H15ClO2. The molecule has 2 nitrogen and oxygen atoms in total. The number of benzene rings is 3. The summed E-state index contributed by atoms with van der Waals surface area (Å²) in [5.74, 6) is 0.770. The van der Waals surface area contributed by atoms with E-state index in [2.05, 4.69) is 0 Å². The molecule has 0 saturated carbocycles. The summed E-state index contributed by atoms with van der Waals surface area (Å²) in [5.41, 5.74) is 1.67. The summed E-state index contributed by atoms with van der Waals surface area (Å²) >= 11 is 6.22. The summed E-state index contributed by atoms with van der Waals surface area (Å²) < 4.78 is 5.14. The number of hydrogen-bond donors (Lipinski definition) is 1. The van der Waals surface area contributed by atoms with Crippen LogP contribution >= 0.6 is 11.6 Å². The number of aliphatic hydroxyl groups excluding tert-OH is 1. The maximum atomic E-state index is 10.7. The van der Waals surface area contributed by atoms with Crippen LogP contribution in [0.5, 0.6) is 5.75 Å². The van der Waals surface area contributed by atoms with Crippen LogP contribution in [0.1, 0.15) is 17.2 Å². The molecule has 0 fully saturated rings. The third kappa shape index (κ3) is 2.60. The van der Waals surface area contributed by atoms with E-state index in [1.165, 1.54) is 0 Å². The molecule has 21 heavy (non-hydrogen) atoms. The molecule has 0 amide bonds. The molecule has 0 aromatic heterocycles. The highest BCUT2D eigenvalue weighted by molar-refractivity contribution is 6.35. The van der Waals surface area contributed by atoms with Crippen LogP contribution in [0.25, 0.3) is 10.8 Å². The zero-order chi connectivity index (χ0) is 14.8.